The lowest BCUT2D eigenvalue weighted by Crippen LogP contribution is -2.51. The van der Waals surface area contributed by atoms with Crippen LogP contribution in [0.25, 0.3) is 0 Å². The average molecular weight is 525 g/mol. The average Bonchev–Trinajstić information content (AvgIpc) is 3.55. The van der Waals surface area contributed by atoms with Gasteiger partial charge in [-0.05, 0) is 88.9 Å². The topological polar surface area (TPSA) is 129 Å². The van der Waals surface area contributed by atoms with Crippen LogP contribution in [-0.4, -0.2) is 84.1 Å². The zero-order valence-electron chi connectivity index (χ0n) is 23.0. The number of hydrogen-bond donors (Lipinski definition) is 3. The monoisotopic (exact) mass is 524 g/mol. The Morgan fingerprint density at radius 1 is 1.05 bits per heavy atom. The summed E-state index contributed by atoms with van der Waals surface area (Å²) >= 11 is 0. The maximum Gasteiger partial charge on any atom is 0.414 e. The highest BCUT2D eigenvalue weighted by atomic mass is 16.6. The van der Waals surface area contributed by atoms with Gasteiger partial charge in [0.15, 0.2) is 0 Å². The van der Waals surface area contributed by atoms with E-state index in [-0.39, 0.29) is 23.6 Å². The number of nitrogens with zero attached hydrogens (tertiary/aromatic N) is 1. The lowest BCUT2D eigenvalue weighted by Gasteiger charge is -2.51. The van der Waals surface area contributed by atoms with Crippen LogP contribution in [0.4, 0.5) is 0 Å². The predicted octanol–water partition coefficient (Wildman–Crippen LogP) is 3.55. The van der Waals surface area contributed by atoms with Crippen molar-refractivity contribution >= 4 is 17.9 Å². The number of epoxide rings is 1. The Morgan fingerprint density at radius 2 is 1.68 bits per heavy atom. The molecule has 1 spiro atoms. The molecule has 0 aromatic carbocycles. The van der Waals surface area contributed by atoms with Crippen molar-refractivity contribution in [2.75, 3.05) is 39.3 Å². The zero-order valence-corrected chi connectivity index (χ0v) is 23.0. The van der Waals surface area contributed by atoms with Gasteiger partial charge < -0.3 is 29.9 Å². The van der Waals surface area contributed by atoms with Gasteiger partial charge in [0.2, 0.25) is 0 Å². The van der Waals surface area contributed by atoms with Crippen LogP contribution >= 0.6 is 0 Å². The summed E-state index contributed by atoms with van der Waals surface area (Å²) in [5.41, 5.74) is 0.432. The lowest BCUT2D eigenvalue weighted by atomic mass is 9.53. The molecular formula is C28H48N2O7. The van der Waals surface area contributed by atoms with Gasteiger partial charge in [0.1, 0.15) is 6.10 Å². The maximum absolute atomic E-state index is 12.7. The largest absolute Gasteiger partial charge is 0.473 e. The molecule has 2 unspecified atom stereocenters. The van der Waals surface area contributed by atoms with Crippen LogP contribution in [0.5, 0.6) is 0 Å². The molecule has 3 N–H and O–H groups in total. The standard InChI is InChI=1S/C26H46N2O3.C2H2O4/c1-4-6-13-28(14-7-5-2)15-9-12-27-18-21-20-16-23-25(3,17-22(20)31-24(21)29)10-8-11-26(23)19-30-26;3-1(4)2(5)6/h20-23,27H,4-19H2,1-3H3;(H,3,4)(H,5,6)/t20-,21?,22-,23-,25-,26?;/m1./s1. The van der Waals surface area contributed by atoms with Gasteiger partial charge in [0.25, 0.3) is 0 Å². The van der Waals surface area contributed by atoms with E-state index in [4.69, 9.17) is 29.3 Å². The summed E-state index contributed by atoms with van der Waals surface area (Å²) < 4.78 is 12.0. The van der Waals surface area contributed by atoms with Crippen molar-refractivity contribution in [1.82, 2.24) is 10.2 Å². The van der Waals surface area contributed by atoms with Gasteiger partial charge in [-0.2, -0.15) is 0 Å². The molecule has 212 valence electrons. The predicted molar refractivity (Wildman–Crippen MR) is 139 cm³/mol. The number of fused-ring (bicyclic) bond motifs is 3. The highest BCUT2D eigenvalue weighted by Gasteiger charge is 2.64. The Bertz CT molecular complexity index is 766. The number of carbonyl (C=O) groups excluding carboxylic acids is 1. The number of carboxylic acids is 2. The van der Waals surface area contributed by atoms with Crippen molar-refractivity contribution in [3.63, 3.8) is 0 Å². The number of carbonyl (C=O) groups is 3. The zero-order chi connectivity index (χ0) is 27.1. The molecule has 4 aliphatic rings. The molecule has 2 saturated heterocycles. The van der Waals surface area contributed by atoms with Crippen molar-refractivity contribution in [1.29, 1.82) is 0 Å². The Hall–Kier alpha value is -1.71. The number of rotatable bonds is 12. The third-order valence-corrected chi connectivity index (χ3v) is 9.11. The highest BCUT2D eigenvalue weighted by molar-refractivity contribution is 6.27. The highest BCUT2D eigenvalue weighted by Crippen LogP contribution is 2.62. The number of esters is 1. The number of nitrogens with one attached hydrogen (secondary N) is 1. The molecule has 2 heterocycles. The number of aliphatic carboxylic acids is 2. The summed E-state index contributed by atoms with van der Waals surface area (Å²) in [6.45, 7) is 13.3. The minimum atomic E-state index is -1.82. The molecule has 4 fully saturated rings. The first-order valence-corrected chi connectivity index (χ1v) is 14.4. The normalized spacial score (nSPS) is 33.8. The molecule has 2 saturated carbocycles. The number of hydrogen-bond acceptors (Lipinski definition) is 7. The molecule has 0 aromatic rings. The van der Waals surface area contributed by atoms with Crippen LogP contribution in [-0.2, 0) is 23.9 Å². The first kappa shape index (κ1) is 29.8. The van der Waals surface area contributed by atoms with Gasteiger partial charge in [0, 0.05) is 12.5 Å². The maximum atomic E-state index is 12.7. The van der Waals surface area contributed by atoms with Gasteiger partial charge in [-0.3, -0.25) is 4.79 Å². The second kappa shape index (κ2) is 13.4. The van der Waals surface area contributed by atoms with Gasteiger partial charge in [-0.1, -0.05) is 33.6 Å². The van der Waals surface area contributed by atoms with Crippen LogP contribution in [0.3, 0.4) is 0 Å². The molecule has 0 amide bonds. The van der Waals surface area contributed by atoms with E-state index in [9.17, 15) is 4.79 Å². The molecule has 0 aromatic heterocycles. The van der Waals surface area contributed by atoms with Crippen LogP contribution in [0.15, 0.2) is 0 Å². The van der Waals surface area contributed by atoms with Crippen LogP contribution < -0.4 is 5.32 Å². The second-order valence-corrected chi connectivity index (χ2v) is 11.8. The first-order chi connectivity index (χ1) is 17.7. The summed E-state index contributed by atoms with van der Waals surface area (Å²) in [7, 11) is 0. The molecule has 9 nitrogen and oxygen atoms in total. The Balaban J connectivity index is 0.000000568. The molecule has 4 rings (SSSR count). The molecule has 0 radical (unpaired) electrons. The quantitative estimate of drug-likeness (QED) is 0.152. The first-order valence-electron chi connectivity index (χ1n) is 14.4. The molecule has 0 bridgehead atoms. The van der Waals surface area contributed by atoms with Crippen LogP contribution in [0.2, 0.25) is 0 Å². The van der Waals surface area contributed by atoms with E-state index in [0.717, 1.165) is 45.5 Å². The van der Waals surface area contributed by atoms with Crippen LogP contribution in [0.1, 0.15) is 85.0 Å². The van der Waals surface area contributed by atoms with Crippen molar-refractivity contribution < 1.29 is 34.1 Å². The Kier molecular flexibility index (Phi) is 10.8. The molecular weight excluding hydrogens is 476 g/mol. The second-order valence-electron chi connectivity index (χ2n) is 11.8. The molecule has 37 heavy (non-hydrogen) atoms. The number of ether oxygens (including phenoxy) is 2. The SMILES string of the molecule is CCCCN(CCCC)CCCNCC1C(=O)O[C@@H]2C[C@@]3(C)CCCC4(CO4)[C@@H]3C[C@H]12.O=C(O)C(=O)O. The fraction of sp³-hybridized carbons (Fsp3) is 0.893. The van der Waals surface area contributed by atoms with E-state index in [1.165, 1.54) is 58.0 Å². The Morgan fingerprint density at radius 3 is 2.24 bits per heavy atom. The Labute approximate surface area is 221 Å². The minimum absolute atomic E-state index is 0.0311. The molecule has 2 aliphatic carbocycles. The summed E-state index contributed by atoms with van der Waals surface area (Å²) in [4.78, 5) is 33.6. The summed E-state index contributed by atoms with van der Waals surface area (Å²) in [5.74, 6) is -2.59. The number of carboxylic acid groups (broad SMARTS) is 2. The smallest absolute Gasteiger partial charge is 0.414 e. The van der Waals surface area contributed by atoms with Crippen molar-refractivity contribution in [3.05, 3.63) is 0 Å². The van der Waals surface area contributed by atoms with E-state index in [1.54, 1.807) is 0 Å². The third kappa shape index (κ3) is 7.67. The molecule has 2 aliphatic heterocycles. The number of unbranched alkanes of at least 4 members (excludes halogenated alkanes) is 2. The van der Waals surface area contributed by atoms with E-state index >= 15 is 0 Å². The fourth-order valence-electron chi connectivity index (χ4n) is 6.97. The molecule has 9 heteroatoms. The van der Waals surface area contributed by atoms with E-state index in [1.807, 2.05) is 0 Å². The lowest BCUT2D eigenvalue weighted by molar-refractivity contribution is -0.159. The van der Waals surface area contributed by atoms with Crippen molar-refractivity contribution in [2.45, 2.75) is 96.7 Å². The van der Waals surface area contributed by atoms with E-state index in [0.29, 0.717) is 17.3 Å². The summed E-state index contributed by atoms with van der Waals surface area (Å²) in [6.07, 6.45) is 12.3. The van der Waals surface area contributed by atoms with E-state index in [2.05, 4.69) is 31.0 Å². The van der Waals surface area contributed by atoms with Gasteiger partial charge in [-0.25, -0.2) is 9.59 Å². The van der Waals surface area contributed by atoms with Gasteiger partial charge >= 0.3 is 17.9 Å². The fourth-order valence-corrected chi connectivity index (χ4v) is 6.97. The van der Waals surface area contributed by atoms with Gasteiger partial charge in [-0.15, -0.1) is 0 Å². The summed E-state index contributed by atoms with van der Waals surface area (Å²) in [5, 5.41) is 18.4. The van der Waals surface area contributed by atoms with Crippen molar-refractivity contribution in [3.8, 4) is 0 Å². The molecule has 6 atom stereocenters. The third-order valence-electron chi connectivity index (χ3n) is 9.11. The van der Waals surface area contributed by atoms with Crippen molar-refractivity contribution in [2.24, 2.45) is 23.2 Å². The van der Waals surface area contributed by atoms with E-state index < -0.39 is 11.9 Å². The van der Waals surface area contributed by atoms with Gasteiger partial charge in [0.05, 0.1) is 18.1 Å². The minimum Gasteiger partial charge on any atom is -0.473 e. The van der Waals surface area contributed by atoms with Crippen LogP contribution in [0, 0.1) is 23.2 Å². The summed E-state index contributed by atoms with van der Waals surface area (Å²) in [6, 6.07) is 0.